The topological polar surface area (TPSA) is 144 Å². The molecule has 0 unspecified atom stereocenters. The molecule has 11 nitrogen and oxygen atoms in total. The van der Waals surface area contributed by atoms with E-state index in [0.717, 1.165) is 5.56 Å². The zero-order valence-corrected chi connectivity index (χ0v) is 19.6. The summed E-state index contributed by atoms with van der Waals surface area (Å²) in [5.41, 5.74) is 6.45. The van der Waals surface area contributed by atoms with Crippen LogP contribution in [0.15, 0.2) is 53.6 Å². The van der Waals surface area contributed by atoms with Crippen molar-refractivity contribution < 1.29 is 17.9 Å². The van der Waals surface area contributed by atoms with Gasteiger partial charge >= 0.3 is 0 Å². The molecule has 1 aliphatic heterocycles. The van der Waals surface area contributed by atoms with Crippen LogP contribution < -0.4 is 20.7 Å². The van der Waals surface area contributed by atoms with Gasteiger partial charge in [-0.05, 0) is 48.9 Å². The van der Waals surface area contributed by atoms with Crippen molar-refractivity contribution in [2.45, 2.75) is 11.8 Å². The standard InChI is InChI=1S/C22H25N7O4S/c1-15-3-6-19(24-14-15)25-20-7-8-21(27-26-20)28-9-11-29(12-10-28)34(31,32)16-4-5-18(33-2)17(13-16)22(23)30/h3-8,13-14H,9-12H2,1-2H3,(H2,23,30)(H,24,25,26). The van der Waals surface area contributed by atoms with Crippen molar-refractivity contribution in [1.82, 2.24) is 19.5 Å². The summed E-state index contributed by atoms with van der Waals surface area (Å²) in [5, 5.41) is 11.6. The minimum Gasteiger partial charge on any atom is -0.496 e. The van der Waals surface area contributed by atoms with Gasteiger partial charge in [0.05, 0.1) is 17.6 Å². The van der Waals surface area contributed by atoms with E-state index in [1.807, 2.05) is 30.0 Å². The molecular weight excluding hydrogens is 458 g/mol. The van der Waals surface area contributed by atoms with Crippen LogP contribution in [0.4, 0.5) is 17.5 Å². The molecule has 1 amide bonds. The maximum atomic E-state index is 13.1. The van der Waals surface area contributed by atoms with Gasteiger partial charge in [0.15, 0.2) is 11.6 Å². The second kappa shape index (κ2) is 9.61. The number of methoxy groups -OCH3 is 1. The molecule has 0 bridgehead atoms. The van der Waals surface area contributed by atoms with Crippen LogP contribution in [0.1, 0.15) is 15.9 Å². The van der Waals surface area contributed by atoms with E-state index in [2.05, 4.69) is 20.5 Å². The van der Waals surface area contributed by atoms with E-state index >= 15 is 0 Å². The van der Waals surface area contributed by atoms with Gasteiger partial charge in [-0.25, -0.2) is 13.4 Å². The van der Waals surface area contributed by atoms with Crippen molar-refractivity contribution in [3.63, 3.8) is 0 Å². The number of anilines is 3. The largest absolute Gasteiger partial charge is 0.496 e. The molecule has 0 aliphatic carbocycles. The Morgan fingerprint density at radius 2 is 1.76 bits per heavy atom. The van der Waals surface area contributed by atoms with E-state index in [9.17, 15) is 13.2 Å². The first-order valence-electron chi connectivity index (χ1n) is 10.5. The fourth-order valence-electron chi connectivity index (χ4n) is 3.58. The van der Waals surface area contributed by atoms with Gasteiger partial charge in [-0.2, -0.15) is 4.31 Å². The van der Waals surface area contributed by atoms with Crippen LogP contribution in [0, 0.1) is 6.92 Å². The second-order valence-electron chi connectivity index (χ2n) is 7.74. The molecule has 3 N–H and O–H groups in total. The molecule has 0 radical (unpaired) electrons. The lowest BCUT2D eigenvalue weighted by Gasteiger charge is -2.34. The Hall–Kier alpha value is -3.77. The van der Waals surface area contributed by atoms with E-state index in [-0.39, 0.29) is 29.3 Å². The van der Waals surface area contributed by atoms with Crippen LogP contribution in [-0.4, -0.2) is 67.1 Å². The van der Waals surface area contributed by atoms with Gasteiger partial charge in [0.2, 0.25) is 10.0 Å². The number of carbonyl (C=O) groups is 1. The van der Waals surface area contributed by atoms with E-state index in [4.69, 9.17) is 10.5 Å². The molecule has 1 aromatic carbocycles. The fraction of sp³-hybridized carbons (Fsp3) is 0.273. The second-order valence-corrected chi connectivity index (χ2v) is 9.68. The number of hydrogen-bond donors (Lipinski definition) is 2. The summed E-state index contributed by atoms with van der Waals surface area (Å²) >= 11 is 0. The van der Waals surface area contributed by atoms with Crippen LogP contribution in [0.3, 0.4) is 0 Å². The number of primary amides is 1. The lowest BCUT2D eigenvalue weighted by molar-refractivity contribution is 0.0997. The Kier molecular flexibility index (Phi) is 6.61. The summed E-state index contributed by atoms with van der Waals surface area (Å²) in [7, 11) is -2.41. The van der Waals surface area contributed by atoms with E-state index in [1.54, 1.807) is 12.3 Å². The van der Waals surface area contributed by atoms with Gasteiger partial charge in [0.1, 0.15) is 11.6 Å². The smallest absolute Gasteiger partial charge is 0.252 e. The molecule has 0 atom stereocenters. The minimum absolute atomic E-state index is 0.00418. The number of aryl methyl sites for hydroxylation is 1. The average Bonchev–Trinajstić information content (AvgIpc) is 2.85. The molecule has 1 saturated heterocycles. The van der Waals surface area contributed by atoms with Crippen LogP contribution in [-0.2, 0) is 10.0 Å². The molecule has 3 aromatic rings. The Balaban J connectivity index is 1.41. The Morgan fingerprint density at radius 3 is 2.35 bits per heavy atom. The number of benzene rings is 1. The summed E-state index contributed by atoms with van der Waals surface area (Å²) in [4.78, 5) is 17.9. The monoisotopic (exact) mass is 483 g/mol. The summed E-state index contributed by atoms with van der Waals surface area (Å²) in [5.74, 6) is 1.36. The molecule has 1 aliphatic rings. The average molecular weight is 484 g/mol. The van der Waals surface area contributed by atoms with Gasteiger partial charge in [0.25, 0.3) is 5.91 Å². The fourth-order valence-corrected chi connectivity index (χ4v) is 5.03. The number of piperazine rings is 1. The molecule has 3 heterocycles. The highest BCUT2D eigenvalue weighted by atomic mass is 32.2. The zero-order chi connectivity index (χ0) is 24.3. The lowest BCUT2D eigenvalue weighted by Crippen LogP contribution is -2.49. The number of rotatable bonds is 7. The van der Waals surface area contributed by atoms with Crippen LogP contribution in [0.2, 0.25) is 0 Å². The van der Waals surface area contributed by atoms with Gasteiger partial charge in [-0.15, -0.1) is 10.2 Å². The third-order valence-corrected chi connectivity index (χ3v) is 7.35. The maximum absolute atomic E-state index is 13.1. The lowest BCUT2D eigenvalue weighted by atomic mass is 10.2. The van der Waals surface area contributed by atoms with Gasteiger partial charge < -0.3 is 20.7 Å². The number of nitrogens with zero attached hydrogens (tertiary/aromatic N) is 5. The van der Waals surface area contributed by atoms with E-state index < -0.39 is 15.9 Å². The van der Waals surface area contributed by atoms with Gasteiger partial charge in [0, 0.05) is 32.4 Å². The minimum atomic E-state index is -3.80. The van der Waals surface area contributed by atoms with Crippen molar-refractivity contribution in [3.05, 3.63) is 59.8 Å². The molecular formula is C22H25N7O4S. The Morgan fingerprint density at radius 1 is 1.03 bits per heavy atom. The molecule has 2 aromatic heterocycles. The first-order valence-corrected chi connectivity index (χ1v) is 12.0. The number of aromatic nitrogens is 3. The van der Waals surface area contributed by atoms with Crippen molar-refractivity contribution in [2.24, 2.45) is 5.73 Å². The normalized spacial score (nSPS) is 14.6. The van der Waals surface area contributed by atoms with Gasteiger partial charge in [-0.1, -0.05) is 6.07 Å². The third kappa shape index (κ3) is 4.92. The van der Waals surface area contributed by atoms with Gasteiger partial charge in [-0.3, -0.25) is 4.79 Å². The molecule has 4 rings (SSSR count). The summed E-state index contributed by atoms with van der Waals surface area (Å²) in [6.07, 6.45) is 1.76. The first kappa shape index (κ1) is 23.4. The SMILES string of the molecule is COc1ccc(S(=O)(=O)N2CCN(c3ccc(Nc4ccc(C)cn4)nn3)CC2)cc1C(N)=O. The summed E-state index contributed by atoms with van der Waals surface area (Å²) in [6, 6.07) is 11.5. The molecule has 0 spiro atoms. The quantitative estimate of drug-likeness (QED) is 0.511. The Bertz CT molecular complexity index is 1270. The number of nitrogens with one attached hydrogen (secondary N) is 1. The molecule has 0 saturated carbocycles. The number of sulfonamides is 1. The molecule has 178 valence electrons. The number of ether oxygens (including phenoxy) is 1. The first-order chi connectivity index (χ1) is 16.3. The number of hydrogen-bond acceptors (Lipinski definition) is 9. The van der Waals surface area contributed by atoms with Crippen molar-refractivity contribution in [2.75, 3.05) is 43.5 Å². The molecule has 1 fully saturated rings. The van der Waals surface area contributed by atoms with Crippen molar-refractivity contribution in [1.29, 1.82) is 0 Å². The highest BCUT2D eigenvalue weighted by Crippen LogP contribution is 2.26. The van der Waals surface area contributed by atoms with E-state index in [1.165, 1.54) is 29.6 Å². The molecule has 12 heteroatoms. The molecule has 34 heavy (non-hydrogen) atoms. The number of nitrogens with two attached hydrogens (primary N) is 1. The van der Waals surface area contributed by atoms with Crippen LogP contribution in [0.25, 0.3) is 0 Å². The predicted molar refractivity (Wildman–Crippen MR) is 127 cm³/mol. The Labute approximate surface area is 197 Å². The highest BCUT2D eigenvalue weighted by molar-refractivity contribution is 7.89. The summed E-state index contributed by atoms with van der Waals surface area (Å²) < 4.78 is 32.7. The van der Waals surface area contributed by atoms with Crippen molar-refractivity contribution >= 4 is 33.4 Å². The van der Waals surface area contributed by atoms with E-state index in [0.29, 0.717) is 30.5 Å². The number of amides is 1. The van der Waals surface area contributed by atoms with Crippen LogP contribution >= 0.6 is 0 Å². The zero-order valence-electron chi connectivity index (χ0n) is 18.8. The maximum Gasteiger partial charge on any atom is 0.252 e. The highest BCUT2D eigenvalue weighted by Gasteiger charge is 2.30. The van der Waals surface area contributed by atoms with Crippen LogP contribution in [0.5, 0.6) is 5.75 Å². The number of pyridine rings is 1. The predicted octanol–water partition coefficient (Wildman–Crippen LogP) is 1.54. The third-order valence-electron chi connectivity index (χ3n) is 5.45. The summed E-state index contributed by atoms with van der Waals surface area (Å²) in [6.45, 7) is 3.37. The number of carbonyl (C=O) groups excluding carboxylic acids is 1. The van der Waals surface area contributed by atoms with Crippen molar-refractivity contribution in [3.8, 4) is 5.75 Å².